The Hall–Kier alpha value is -2.80. The van der Waals surface area contributed by atoms with Crippen LogP contribution in [0.4, 0.5) is 0 Å². The van der Waals surface area contributed by atoms with Gasteiger partial charge in [0.25, 0.3) is 5.91 Å². The summed E-state index contributed by atoms with van der Waals surface area (Å²) < 4.78 is 11.0. The van der Waals surface area contributed by atoms with Gasteiger partial charge in [-0.15, -0.1) is 0 Å². The van der Waals surface area contributed by atoms with Crippen molar-refractivity contribution >= 4 is 33.9 Å². The third kappa shape index (κ3) is 4.60. The molecule has 1 amide bonds. The van der Waals surface area contributed by atoms with E-state index in [1.54, 1.807) is 42.5 Å². The molecule has 0 fully saturated rings. The van der Waals surface area contributed by atoms with Crippen LogP contribution in [0.3, 0.4) is 0 Å². The average molecular weight is 406 g/mol. The molecular weight excluding hydrogens is 390 g/mol. The van der Waals surface area contributed by atoms with Gasteiger partial charge in [0.05, 0.1) is 18.7 Å². The molecule has 0 saturated carbocycles. The Balaban J connectivity index is 2.36. The number of carboxylic acid groups (broad SMARTS) is 1. The predicted octanol–water partition coefficient (Wildman–Crippen LogP) is 3.32. The molecule has 0 spiro atoms. The number of nitrogens with one attached hydrogen (secondary N) is 1. The average Bonchev–Trinajstić information content (AvgIpc) is 2.61. The van der Waals surface area contributed by atoms with Crippen molar-refractivity contribution in [1.29, 1.82) is 0 Å². The second-order valence-electron chi connectivity index (χ2n) is 4.92. The van der Waals surface area contributed by atoms with Gasteiger partial charge in [0.15, 0.2) is 11.5 Å². The van der Waals surface area contributed by atoms with Crippen LogP contribution in [0, 0.1) is 0 Å². The van der Waals surface area contributed by atoms with Gasteiger partial charge in [-0.3, -0.25) is 4.79 Å². The van der Waals surface area contributed by atoms with E-state index in [2.05, 4.69) is 21.2 Å². The van der Waals surface area contributed by atoms with Gasteiger partial charge in [0.2, 0.25) is 0 Å². The standard InChI is InChI=1S/C18H16BrNO5/c1-24-15-10-11(8-13(19)16(15)25-2)9-14(18(22)23)20-17(21)12-6-4-3-5-7-12/h3-10H,1-2H3,(H,20,21)(H,22,23). The molecule has 0 aromatic heterocycles. The van der Waals surface area contributed by atoms with Crippen LogP contribution >= 0.6 is 15.9 Å². The third-order valence-electron chi connectivity index (χ3n) is 3.28. The van der Waals surface area contributed by atoms with Crippen molar-refractivity contribution < 1.29 is 24.2 Å². The van der Waals surface area contributed by atoms with Gasteiger partial charge in [-0.2, -0.15) is 0 Å². The Labute approximate surface area is 153 Å². The second kappa shape index (κ2) is 8.34. The number of amides is 1. The number of aliphatic carboxylic acids is 1. The number of hydrogen-bond acceptors (Lipinski definition) is 4. The summed E-state index contributed by atoms with van der Waals surface area (Å²) in [7, 11) is 2.98. The minimum Gasteiger partial charge on any atom is -0.493 e. The molecule has 0 radical (unpaired) electrons. The number of ether oxygens (including phenoxy) is 2. The van der Waals surface area contributed by atoms with Gasteiger partial charge >= 0.3 is 5.97 Å². The highest BCUT2D eigenvalue weighted by molar-refractivity contribution is 9.10. The molecule has 0 heterocycles. The van der Waals surface area contributed by atoms with Gasteiger partial charge in [0, 0.05) is 5.56 Å². The smallest absolute Gasteiger partial charge is 0.352 e. The first-order valence-electron chi connectivity index (χ1n) is 7.19. The molecule has 2 aromatic rings. The van der Waals surface area contributed by atoms with Crippen LogP contribution < -0.4 is 14.8 Å². The number of carbonyl (C=O) groups excluding carboxylic acids is 1. The first-order valence-corrected chi connectivity index (χ1v) is 7.98. The van der Waals surface area contributed by atoms with Crippen LogP contribution in [0.5, 0.6) is 11.5 Å². The van der Waals surface area contributed by atoms with E-state index in [-0.39, 0.29) is 5.70 Å². The van der Waals surface area contributed by atoms with Gasteiger partial charge < -0.3 is 19.9 Å². The van der Waals surface area contributed by atoms with E-state index in [1.807, 2.05) is 0 Å². The first kappa shape index (κ1) is 18.5. The van der Waals surface area contributed by atoms with Crippen LogP contribution in [-0.4, -0.2) is 31.2 Å². The number of halogens is 1. The summed E-state index contributed by atoms with van der Waals surface area (Å²) in [5.41, 5.74) is 0.631. The number of carboxylic acids is 1. The highest BCUT2D eigenvalue weighted by Gasteiger charge is 2.15. The fourth-order valence-corrected chi connectivity index (χ4v) is 2.74. The molecule has 0 aliphatic rings. The molecule has 2 aromatic carbocycles. The molecular formula is C18H16BrNO5. The molecule has 130 valence electrons. The van der Waals surface area contributed by atoms with E-state index < -0.39 is 11.9 Å². The number of rotatable bonds is 6. The highest BCUT2D eigenvalue weighted by Crippen LogP contribution is 2.36. The lowest BCUT2D eigenvalue weighted by Crippen LogP contribution is -2.27. The molecule has 7 heteroatoms. The van der Waals surface area contributed by atoms with Crippen molar-refractivity contribution in [2.45, 2.75) is 0 Å². The quantitative estimate of drug-likeness (QED) is 0.719. The van der Waals surface area contributed by atoms with Gasteiger partial charge in [-0.05, 0) is 51.8 Å². The number of methoxy groups -OCH3 is 2. The fraction of sp³-hybridized carbons (Fsp3) is 0.111. The highest BCUT2D eigenvalue weighted by atomic mass is 79.9. The molecule has 6 nitrogen and oxygen atoms in total. The summed E-state index contributed by atoms with van der Waals surface area (Å²) in [6.45, 7) is 0. The van der Waals surface area contributed by atoms with E-state index in [9.17, 15) is 14.7 Å². The molecule has 0 bridgehead atoms. The minimum atomic E-state index is -1.25. The van der Waals surface area contributed by atoms with Crippen LogP contribution in [0.15, 0.2) is 52.6 Å². The topological polar surface area (TPSA) is 84.9 Å². The molecule has 0 unspecified atom stereocenters. The predicted molar refractivity (Wildman–Crippen MR) is 96.8 cm³/mol. The van der Waals surface area contributed by atoms with Crippen molar-refractivity contribution in [2.24, 2.45) is 0 Å². The lowest BCUT2D eigenvalue weighted by Gasteiger charge is -2.11. The Morgan fingerprint density at radius 3 is 2.36 bits per heavy atom. The van der Waals surface area contributed by atoms with Crippen molar-refractivity contribution in [1.82, 2.24) is 5.32 Å². The SMILES string of the molecule is COc1cc(C=C(NC(=O)c2ccccc2)C(=O)O)cc(Br)c1OC. The van der Waals surface area contributed by atoms with Crippen molar-refractivity contribution in [3.05, 3.63) is 63.8 Å². The molecule has 2 N–H and O–H groups in total. The molecule has 0 saturated heterocycles. The van der Waals surface area contributed by atoms with Crippen LogP contribution in [0.25, 0.3) is 6.08 Å². The monoisotopic (exact) mass is 405 g/mol. The number of carbonyl (C=O) groups is 2. The fourth-order valence-electron chi connectivity index (χ4n) is 2.12. The summed E-state index contributed by atoms with van der Waals surface area (Å²) in [5, 5.41) is 11.8. The lowest BCUT2D eigenvalue weighted by molar-refractivity contribution is -0.132. The largest absolute Gasteiger partial charge is 0.493 e. The molecule has 0 aliphatic heterocycles. The Morgan fingerprint density at radius 1 is 1.12 bits per heavy atom. The maximum Gasteiger partial charge on any atom is 0.352 e. The summed E-state index contributed by atoms with van der Waals surface area (Å²) in [6.07, 6.45) is 1.34. The molecule has 25 heavy (non-hydrogen) atoms. The van der Waals surface area contributed by atoms with Gasteiger partial charge in [0.1, 0.15) is 5.70 Å². The van der Waals surface area contributed by atoms with Crippen molar-refractivity contribution in [3.8, 4) is 11.5 Å². The summed E-state index contributed by atoms with van der Waals surface area (Å²) in [4.78, 5) is 23.7. The number of hydrogen-bond donors (Lipinski definition) is 2. The van der Waals surface area contributed by atoms with E-state index in [0.717, 1.165) is 0 Å². The van der Waals surface area contributed by atoms with E-state index in [1.165, 1.54) is 20.3 Å². The Morgan fingerprint density at radius 2 is 1.80 bits per heavy atom. The van der Waals surface area contributed by atoms with E-state index >= 15 is 0 Å². The molecule has 0 aliphatic carbocycles. The second-order valence-corrected chi connectivity index (χ2v) is 5.78. The Bertz CT molecular complexity index is 818. The molecule has 0 atom stereocenters. The summed E-state index contributed by atoms with van der Waals surface area (Å²) in [5.74, 6) is -0.837. The normalized spacial score (nSPS) is 10.9. The van der Waals surface area contributed by atoms with Crippen molar-refractivity contribution in [2.75, 3.05) is 14.2 Å². The first-order chi connectivity index (χ1) is 12.0. The lowest BCUT2D eigenvalue weighted by atomic mass is 10.1. The Kier molecular flexibility index (Phi) is 6.19. The van der Waals surface area contributed by atoms with Gasteiger partial charge in [-0.25, -0.2) is 4.79 Å². The van der Waals surface area contributed by atoms with Crippen LogP contribution in [-0.2, 0) is 4.79 Å². The maximum atomic E-state index is 12.2. The van der Waals surface area contributed by atoms with Crippen LogP contribution in [0.2, 0.25) is 0 Å². The minimum absolute atomic E-state index is 0.257. The third-order valence-corrected chi connectivity index (χ3v) is 3.87. The summed E-state index contributed by atoms with van der Waals surface area (Å²) in [6, 6.07) is 11.6. The number of benzene rings is 2. The zero-order valence-corrected chi connectivity index (χ0v) is 15.2. The van der Waals surface area contributed by atoms with E-state index in [4.69, 9.17) is 9.47 Å². The summed E-state index contributed by atoms with van der Waals surface area (Å²) >= 11 is 3.34. The van der Waals surface area contributed by atoms with Crippen molar-refractivity contribution in [3.63, 3.8) is 0 Å². The zero-order valence-electron chi connectivity index (χ0n) is 13.6. The molecule has 2 rings (SSSR count). The maximum absolute atomic E-state index is 12.2. The van der Waals surface area contributed by atoms with Gasteiger partial charge in [-0.1, -0.05) is 18.2 Å². The zero-order chi connectivity index (χ0) is 18.4. The van der Waals surface area contributed by atoms with Crippen LogP contribution in [0.1, 0.15) is 15.9 Å². The van der Waals surface area contributed by atoms with E-state index in [0.29, 0.717) is 27.1 Å².